The molecule has 0 atom stereocenters. The molecule has 0 radical (unpaired) electrons. The molecule has 0 spiro atoms. The van der Waals surface area contributed by atoms with Gasteiger partial charge in [0, 0.05) is 0 Å². The Labute approximate surface area is 264 Å². The van der Waals surface area contributed by atoms with Crippen LogP contribution in [0.2, 0.25) is 0 Å². The summed E-state index contributed by atoms with van der Waals surface area (Å²) < 4.78 is 111. The molecular weight excluding hydrogens is 630 g/mol. The summed E-state index contributed by atoms with van der Waals surface area (Å²) in [4.78, 5) is 0. The quantitative estimate of drug-likeness (QED) is 0.0514. The molecule has 0 saturated carbocycles. The summed E-state index contributed by atoms with van der Waals surface area (Å²) in [6.07, 6.45) is 28.8. The van der Waals surface area contributed by atoms with Gasteiger partial charge in [0.1, 0.15) is 0 Å². The van der Waals surface area contributed by atoms with E-state index in [1.165, 1.54) is 159 Å². The average Bonchev–Trinajstić information content (AvgIpc) is 2.91. The van der Waals surface area contributed by atoms with E-state index in [4.69, 9.17) is 0 Å². The molecule has 0 aliphatic rings. The van der Waals surface area contributed by atoms with Crippen molar-refractivity contribution in [1.29, 1.82) is 0 Å². The van der Waals surface area contributed by atoms with Crippen LogP contribution in [-0.2, 0) is 20.0 Å². The van der Waals surface area contributed by atoms with Gasteiger partial charge in [0.25, 0.3) is 0 Å². The van der Waals surface area contributed by atoms with Crippen molar-refractivity contribution in [2.45, 2.75) is 167 Å². The molecule has 0 amide bonds. The number of sulfonamides is 2. The van der Waals surface area contributed by atoms with Crippen LogP contribution >= 0.6 is 0 Å². The number of quaternary nitrogens is 1. The van der Waals surface area contributed by atoms with E-state index in [0.717, 1.165) is 4.13 Å². The Bertz CT molecular complexity index is 793. The largest absolute Gasteiger partial charge is 0.480 e. The monoisotopic (exact) mass is 690 g/mol. The molecule has 0 aromatic carbocycles. The van der Waals surface area contributed by atoms with Gasteiger partial charge in [0.15, 0.2) is 20.0 Å². The van der Waals surface area contributed by atoms with Crippen LogP contribution in [0, 0.1) is 0 Å². The van der Waals surface area contributed by atoms with Gasteiger partial charge in [0.05, 0.1) is 26.2 Å². The van der Waals surface area contributed by atoms with Gasteiger partial charge in [-0.25, -0.2) is 16.8 Å². The van der Waals surface area contributed by atoms with E-state index < -0.39 is 31.1 Å². The normalized spacial score (nSPS) is 13.1. The maximum absolute atomic E-state index is 11.4. The van der Waals surface area contributed by atoms with Crippen LogP contribution < -0.4 is 0 Å². The smallest absolute Gasteiger partial charge is 0.421 e. The van der Waals surface area contributed by atoms with Gasteiger partial charge < -0.3 is 8.61 Å². The Kier molecular flexibility index (Phi) is 25.4. The zero-order valence-corrected chi connectivity index (χ0v) is 29.2. The minimum Gasteiger partial charge on any atom is -0.421 e. The first-order valence-electron chi connectivity index (χ1n) is 16.7. The number of nitrogens with zero attached hydrogens (tertiary/aromatic N) is 2. The maximum atomic E-state index is 11.4. The van der Waals surface area contributed by atoms with Gasteiger partial charge in [-0.1, -0.05) is 105 Å². The molecule has 0 rings (SSSR count). The molecule has 0 N–H and O–H groups in total. The predicted octanol–water partition coefficient (Wildman–Crippen LogP) is 10.7. The van der Waals surface area contributed by atoms with Crippen LogP contribution in [0.1, 0.15) is 156 Å². The van der Waals surface area contributed by atoms with Gasteiger partial charge in [-0.15, -0.1) is 0 Å². The fraction of sp³-hybridized carbons (Fsp3) is 1.00. The molecule has 0 aliphatic carbocycles. The van der Waals surface area contributed by atoms with Crippen molar-refractivity contribution in [2.75, 3.05) is 26.2 Å². The average molecular weight is 691 g/mol. The fourth-order valence-electron chi connectivity index (χ4n) is 5.09. The van der Waals surface area contributed by atoms with Gasteiger partial charge >= 0.3 is 11.0 Å². The van der Waals surface area contributed by atoms with Gasteiger partial charge in [-0.2, -0.15) is 26.3 Å². The van der Waals surface area contributed by atoms with E-state index in [2.05, 4.69) is 27.7 Å². The Morgan fingerprint density at radius 2 is 0.614 bits per heavy atom. The number of hydrogen-bond acceptors (Lipinski definition) is 4. The van der Waals surface area contributed by atoms with E-state index >= 15 is 0 Å². The molecule has 44 heavy (non-hydrogen) atoms. The summed E-state index contributed by atoms with van der Waals surface area (Å²) in [5.74, 6) is 0. The predicted molar refractivity (Wildman–Crippen MR) is 168 cm³/mol. The van der Waals surface area contributed by atoms with Crippen molar-refractivity contribution in [3.05, 3.63) is 4.13 Å². The highest BCUT2D eigenvalue weighted by molar-refractivity contribution is 8.13. The number of rotatable bonds is 26. The molecule has 0 fully saturated rings. The van der Waals surface area contributed by atoms with Crippen LogP contribution in [0.3, 0.4) is 0 Å². The van der Waals surface area contributed by atoms with Crippen LogP contribution in [-0.4, -0.2) is 58.5 Å². The highest BCUT2D eigenvalue weighted by Crippen LogP contribution is 2.36. The molecule has 6 nitrogen and oxygen atoms in total. The number of alkyl halides is 6. The highest BCUT2D eigenvalue weighted by Gasteiger charge is 2.47. The van der Waals surface area contributed by atoms with E-state index in [-0.39, 0.29) is 0 Å². The molecule has 0 aliphatic heterocycles. The Morgan fingerprint density at radius 1 is 0.409 bits per heavy atom. The third-order valence-corrected chi connectivity index (χ3v) is 10.5. The molecule has 268 valence electrons. The summed E-state index contributed by atoms with van der Waals surface area (Å²) >= 11 is 0. The minimum atomic E-state index is -6.72. The topological polar surface area (TPSA) is 82.4 Å². The van der Waals surface area contributed by atoms with Gasteiger partial charge in [-0.05, 0) is 51.4 Å². The van der Waals surface area contributed by atoms with Crippen molar-refractivity contribution in [1.82, 2.24) is 0 Å². The van der Waals surface area contributed by atoms with E-state index in [9.17, 15) is 43.2 Å². The Morgan fingerprint density at radius 3 is 0.795 bits per heavy atom. The maximum Gasteiger partial charge on any atom is 0.480 e. The lowest BCUT2D eigenvalue weighted by Gasteiger charge is -2.39. The number of halogens is 6. The molecule has 0 heterocycles. The third kappa shape index (κ3) is 22.0. The molecule has 0 saturated heterocycles. The lowest BCUT2D eigenvalue weighted by atomic mass is 10.1. The first-order valence-corrected chi connectivity index (χ1v) is 19.5. The van der Waals surface area contributed by atoms with E-state index in [0.29, 0.717) is 0 Å². The van der Waals surface area contributed by atoms with Crippen molar-refractivity contribution in [3.8, 4) is 0 Å². The van der Waals surface area contributed by atoms with Gasteiger partial charge in [0.2, 0.25) is 0 Å². The zero-order chi connectivity index (χ0) is 34.2. The van der Waals surface area contributed by atoms with Crippen LogP contribution in [0.5, 0.6) is 0 Å². The summed E-state index contributed by atoms with van der Waals surface area (Å²) in [6, 6.07) is 0. The van der Waals surface area contributed by atoms with Crippen molar-refractivity contribution in [2.24, 2.45) is 0 Å². The third-order valence-electron chi connectivity index (χ3n) is 7.73. The van der Waals surface area contributed by atoms with E-state index in [1.54, 1.807) is 0 Å². The number of hydrogen-bond donors (Lipinski definition) is 0. The van der Waals surface area contributed by atoms with E-state index in [1.807, 2.05) is 0 Å². The molecule has 0 aromatic rings. The minimum absolute atomic E-state index is 0.778. The molecule has 14 heteroatoms. The zero-order valence-electron chi connectivity index (χ0n) is 27.6. The molecule has 0 unspecified atom stereocenters. The molecule has 0 aromatic heterocycles. The van der Waals surface area contributed by atoms with Crippen LogP contribution in [0.25, 0.3) is 4.13 Å². The Hall–Kier alpha value is -0.600. The number of unbranched alkanes of at least 4 members (excludes halogenated alkanes) is 16. The summed E-state index contributed by atoms with van der Waals surface area (Å²) in [7, 11) is -13.4. The fourth-order valence-corrected chi connectivity index (χ4v) is 6.80. The highest BCUT2D eigenvalue weighted by atomic mass is 32.3. The van der Waals surface area contributed by atoms with Crippen molar-refractivity contribution < 1.29 is 47.7 Å². The first-order chi connectivity index (χ1) is 20.4. The first kappa shape index (κ1) is 45.5. The van der Waals surface area contributed by atoms with Crippen LogP contribution in [0.4, 0.5) is 26.3 Å². The SMILES string of the molecule is CCCCCCC[N+](CCCCCCC)(CCCCCCC)CCCCCCC.O=S(=O)([N-]S(=O)(=O)C(F)(F)F)C(F)(F)F. The summed E-state index contributed by atoms with van der Waals surface area (Å²) in [6.45, 7) is 15.2. The molecule has 0 bridgehead atoms. The lowest BCUT2D eigenvalue weighted by Crippen LogP contribution is -2.50. The molecular formula is C30H60F6N2O4S2. The van der Waals surface area contributed by atoms with Gasteiger partial charge in [-0.3, -0.25) is 0 Å². The standard InChI is InChI=1S/C28H60N.C2F6NO4S2/c1-5-9-13-17-21-25-29(26-22-18-14-10-6-2,27-23-19-15-11-7-3)28-24-20-16-12-8-4;3-1(4,5)14(10,11)9-15(12,13)2(6,7)8/h5-28H2,1-4H3;/q+1;-1. The van der Waals surface area contributed by atoms with Crippen molar-refractivity contribution in [3.63, 3.8) is 0 Å². The Balaban J connectivity index is 0. The lowest BCUT2D eigenvalue weighted by molar-refractivity contribution is -0.929. The van der Waals surface area contributed by atoms with Crippen molar-refractivity contribution >= 4 is 20.0 Å². The second kappa shape index (κ2) is 24.6. The van der Waals surface area contributed by atoms with Crippen LogP contribution in [0.15, 0.2) is 0 Å². The second-order valence-corrected chi connectivity index (χ2v) is 15.2. The summed E-state index contributed by atoms with van der Waals surface area (Å²) in [5, 5.41) is 0. The second-order valence-electron chi connectivity index (χ2n) is 11.8. The summed E-state index contributed by atoms with van der Waals surface area (Å²) in [5.41, 5.74) is -12.4.